The van der Waals surface area contributed by atoms with Crippen molar-refractivity contribution in [3.8, 4) is 11.4 Å². The maximum atomic E-state index is 13.1. The Labute approximate surface area is 164 Å². The highest BCUT2D eigenvalue weighted by molar-refractivity contribution is 9.10. The first-order chi connectivity index (χ1) is 13.1. The molecular weight excluding hydrogens is 404 g/mol. The van der Waals surface area contributed by atoms with Crippen molar-refractivity contribution >= 4 is 39.0 Å². The van der Waals surface area contributed by atoms with Gasteiger partial charge in [0.05, 0.1) is 16.6 Å². The van der Waals surface area contributed by atoms with E-state index in [-0.39, 0.29) is 11.3 Å². The van der Waals surface area contributed by atoms with Crippen molar-refractivity contribution < 1.29 is 5.11 Å². The summed E-state index contributed by atoms with van der Waals surface area (Å²) in [6.45, 7) is 0. The summed E-state index contributed by atoms with van der Waals surface area (Å²) in [5, 5.41) is 10.7. The minimum Gasteiger partial charge on any atom is -0.507 e. The number of hydrogen-bond acceptors (Lipinski definition) is 3. The fraction of sp³-hybridized carbons (Fsp3) is 0. The van der Waals surface area contributed by atoms with Crippen LogP contribution in [0.15, 0.2) is 82.1 Å². The van der Waals surface area contributed by atoms with Gasteiger partial charge >= 0.3 is 0 Å². The Morgan fingerprint density at radius 3 is 2.44 bits per heavy atom. The standard InChI is InChI=1S/C22H15BrN2O2/c23-16-12-10-15(20(26)14-16)11-13-21-24-19-9-5-4-8-18(19)22(27)25(21)17-6-2-1-3-7-17/h1-14,26H/b13-11+. The third-order valence-corrected chi connectivity index (χ3v) is 4.71. The molecule has 4 aromatic rings. The molecule has 0 atom stereocenters. The summed E-state index contributed by atoms with van der Waals surface area (Å²) < 4.78 is 2.37. The molecule has 0 fully saturated rings. The molecule has 0 unspecified atom stereocenters. The lowest BCUT2D eigenvalue weighted by atomic mass is 10.2. The van der Waals surface area contributed by atoms with Crippen molar-refractivity contribution in [1.29, 1.82) is 0 Å². The van der Waals surface area contributed by atoms with Gasteiger partial charge in [0.2, 0.25) is 0 Å². The van der Waals surface area contributed by atoms with Crippen molar-refractivity contribution in [2.24, 2.45) is 0 Å². The normalized spacial score (nSPS) is 11.3. The van der Waals surface area contributed by atoms with E-state index in [1.54, 1.807) is 34.9 Å². The maximum Gasteiger partial charge on any atom is 0.266 e. The van der Waals surface area contributed by atoms with Gasteiger partial charge < -0.3 is 5.11 Å². The molecule has 0 saturated heterocycles. The topological polar surface area (TPSA) is 55.1 Å². The van der Waals surface area contributed by atoms with E-state index in [1.165, 1.54) is 0 Å². The van der Waals surface area contributed by atoms with E-state index in [2.05, 4.69) is 20.9 Å². The molecule has 0 aliphatic rings. The highest BCUT2D eigenvalue weighted by Gasteiger charge is 2.10. The summed E-state index contributed by atoms with van der Waals surface area (Å²) >= 11 is 3.33. The van der Waals surface area contributed by atoms with Gasteiger partial charge in [0.25, 0.3) is 5.56 Å². The number of hydrogen-bond donors (Lipinski definition) is 1. The fourth-order valence-corrected chi connectivity index (χ4v) is 3.26. The Morgan fingerprint density at radius 2 is 1.67 bits per heavy atom. The van der Waals surface area contributed by atoms with E-state index in [0.29, 0.717) is 22.3 Å². The minimum atomic E-state index is -0.133. The van der Waals surface area contributed by atoms with Gasteiger partial charge in [0.15, 0.2) is 0 Å². The molecule has 0 spiro atoms. The number of nitrogens with zero attached hydrogens (tertiary/aromatic N) is 2. The molecule has 0 aliphatic heterocycles. The predicted octanol–water partition coefficient (Wildman–Crippen LogP) is 5.02. The number of phenols is 1. The Bertz CT molecular complexity index is 1210. The summed E-state index contributed by atoms with van der Waals surface area (Å²) in [7, 11) is 0. The number of halogens is 1. The molecular formula is C22H15BrN2O2. The van der Waals surface area contributed by atoms with E-state index in [0.717, 1.165) is 10.2 Å². The van der Waals surface area contributed by atoms with Crippen molar-refractivity contribution in [3.05, 3.63) is 99.0 Å². The lowest BCUT2D eigenvalue weighted by Gasteiger charge is -2.11. The van der Waals surface area contributed by atoms with Crippen LogP contribution in [0.3, 0.4) is 0 Å². The predicted molar refractivity (Wildman–Crippen MR) is 112 cm³/mol. The molecule has 0 saturated carbocycles. The smallest absolute Gasteiger partial charge is 0.266 e. The second kappa shape index (κ2) is 7.21. The van der Waals surface area contributed by atoms with Gasteiger partial charge in [-0.05, 0) is 48.6 Å². The molecule has 0 aliphatic carbocycles. The summed E-state index contributed by atoms with van der Waals surface area (Å²) in [6, 6.07) is 21.9. The van der Waals surface area contributed by atoms with Crippen LogP contribution < -0.4 is 5.56 Å². The average Bonchev–Trinajstić information content (AvgIpc) is 2.68. The quantitative estimate of drug-likeness (QED) is 0.507. The summed E-state index contributed by atoms with van der Waals surface area (Å²) in [5.41, 5.74) is 1.88. The number of benzene rings is 3. The first-order valence-electron chi connectivity index (χ1n) is 8.37. The molecule has 0 radical (unpaired) electrons. The number of rotatable bonds is 3. The van der Waals surface area contributed by atoms with E-state index < -0.39 is 0 Å². The van der Waals surface area contributed by atoms with Crippen LogP contribution in [0.4, 0.5) is 0 Å². The Kier molecular flexibility index (Phi) is 4.60. The first kappa shape index (κ1) is 17.2. The van der Waals surface area contributed by atoms with Crippen molar-refractivity contribution in [3.63, 3.8) is 0 Å². The summed E-state index contributed by atoms with van der Waals surface area (Å²) in [5.74, 6) is 0.641. The van der Waals surface area contributed by atoms with Gasteiger partial charge in [-0.1, -0.05) is 52.3 Å². The van der Waals surface area contributed by atoms with Crippen molar-refractivity contribution in [2.45, 2.75) is 0 Å². The van der Waals surface area contributed by atoms with Crippen molar-refractivity contribution in [2.75, 3.05) is 0 Å². The minimum absolute atomic E-state index is 0.133. The van der Waals surface area contributed by atoms with Gasteiger partial charge in [0.1, 0.15) is 11.6 Å². The van der Waals surface area contributed by atoms with E-state index in [4.69, 9.17) is 0 Å². The number of aromatic nitrogens is 2. The SMILES string of the molecule is O=c1c2ccccc2nc(/C=C/c2ccc(Br)cc2O)n1-c1ccccc1. The van der Waals surface area contributed by atoms with E-state index >= 15 is 0 Å². The van der Waals surface area contributed by atoms with Crippen LogP contribution in [0, 0.1) is 0 Å². The lowest BCUT2D eigenvalue weighted by molar-refractivity contribution is 0.473. The second-order valence-corrected chi connectivity index (χ2v) is 6.92. The molecule has 1 aromatic heterocycles. The Hall–Kier alpha value is -3.18. The largest absolute Gasteiger partial charge is 0.507 e. The van der Waals surface area contributed by atoms with Gasteiger partial charge in [0, 0.05) is 10.0 Å². The van der Waals surface area contributed by atoms with Gasteiger partial charge in [-0.2, -0.15) is 0 Å². The van der Waals surface area contributed by atoms with Crippen LogP contribution in [-0.4, -0.2) is 14.7 Å². The molecule has 1 N–H and O–H groups in total. The first-order valence-corrected chi connectivity index (χ1v) is 9.16. The van der Waals surface area contributed by atoms with Gasteiger partial charge in [-0.3, -0.25) is 9.36 Å². The number of phenolic OH excluding ortho intramolecular Hbond substituents is 1. The monoisotopic (exact) mass is 418 g/mol. The van der Waals surface area contributed by atoms with Crippen LogP contribution in [0.2, 0.25) is 0 Å². The van der Waals surface area contributed by atoms with Gasteiger partial charge in [-0.25, -0.2) is 4.98 Å². The van der Waals surface area contributed by atoms with Crippen LogP contribution in [0.25, 0.3) is 28.7 Å². The Balaban J connectivity index is 1.93. The van der Waals surface area contributed by atoms with Crippen LogP contribution in [0.5, 0.6) is 5.75 Å². The molecule has 1 heterocycles. The van der Waals surface area contributed by atoms with E-state index in [1.807, 2.05) is 54.6 Å². The van der Waals surface area contributed by atoms with E-state index in [9.17, 15) is 9.90 Å². The molecule has 4 nitrogen and oxygen atoms in total. The average molecular weight is 419 g/mol. The molecule has 27 heavy (non-hydrogen) atoms. The number of para-hydroxylation sites is 2. The maximum absolute atomic E-state index is 13.1. The lowest BCUT2D eigenvalue weighted by Crippen LogP contribution is -2.22. The zero-order valence-electron chi connectivity index (χ0n) is 14.2. The second-order valence-electron chi connectivity index (χ2n) is 6.00. The summed E-state index contributed by atoms with van der Waals surface area (Å²) in [4.78, 5) is 17.8. The molecule has 5 heteroatoms. The van der Waals surface area contributed by atoms with Crippen LogP contribution in [-0.2, 0) is 0 Å². The van der Waals surface area contributed by atoms with Crippen LogP contribution in [0.1, 0.15) is 11.4 Å². The summed E-state index contributed by atoms with van der Waals surface area (Å²) in [6.07, 6.45) is 3.49. The molecule has 0 amide bonds. The highest BCUT2D eigenvalue weighted by atomic mass is 79.9. The third kappa shape index (κ3) is 3.41. The fourth-order valence-electron chi connectivity index (χ4n) is 2.91. The zero-order chi connectivity index (χ0) is 18.8. The number of fused-ring (bicyclic) bond motifs is 1. The third-order valence-electron chi connectivity index (χ3n) is 4.22. The van der Waals surface area contributed by atoms with Crippen molar-refractivity contribution in [1.82, 2.24) is 9.55 Å². The molecule has 3 aromatic carbocycles. The molecule has 4 rings (SSSR count). The van der Waals surface area contributed by atoms with Crippen LogP contribution >= 0.6 is 15.9 Å². The highest BCUT2D eigenvalue weighted by Crippen LogP contribution is 2.24. The zero-order valence-corrected chi connectivity index (χ0v) is 15.8. The number of aromatic hydroxyl groups is 1. The Morgan fingerprint density at radius 1 is 0.926 bits per heavy atom. The molecule has 132 valence electrons. The van der Waals surface area contributed by atoms with Gasteiger partial charge in [-0.15, -0.1) is 0 Å². The molecule has 0 bridgehead atoms.